The highest BCUT2D eigenvalue weighted by atomic mass is 16.1. The SMILES string of the molecule is O=C(Cc1cccnc1)NCC1(c2ccccc2)CCC1. The van der Waals surface area contributed by atoms with E-state index in [0.717, 1.165) is 24.9 Å². The number of hydrogen-bond donors (Lipinski definition) is 1. The van der Waals surface area contributed by atoms with E-state index in [4.69, 9.17) is 0 Å². The number of amides is 1. The number of rotatable bonds is 5. The molecule has 1 heterocycles. The van der Waals surface area contributed by atoms with Crippen LogP contribution in [0.15, 0.2) is 54.9 Å². The highest BCUT2D eigenvalue weighted by Gasteiger charge is 2.38. The average Bonchev–Trinajstić information content (AvgIpc) is 2.48. The summed E-state index contributed by atoms with van der Waals surface area (Å²) in [5.74, 6) is 0.0743. The zero-order valence-electron chi connectivity index (χ0n) is 12.1. The molecule has 0 radical (unpaired) electrons. The molecule has 1 aliphatic carbocycles. The van der Waals surface area contributed by atoms with Crippen LogP contribution in [0.25, 0.3) is 0 Å². The fourth-order valence-corrected chi connectivity index (χ4v) is 2.98. The van der Waals surface area contributed by atoms with Crippen LogP contribution < -0.4 is 5.32 Å². The molecule has 1 fully saturated rings. The first kappa shape index (κ1) is 13.8. The second-order valence-corrected chi connectivity index (χ2v) is 5.81. The molecule has 1 N–H and O–H groups in total. The normalized spacial score (nSPS) is 16.0. The molecule has 2 aromatic rings. The number of carbonyl (C=O) groups excluding carboxylic acids is 1. The summed E-state index contributed by atoms with van der Waals surface area (Å²) in [6.45, 7) is 0.732. The third kappa shape index (κ3) is 3.13. The maximum absolute atomic E-state index is 12.1. The third-order valence-corrected chi connectivity index (χ3v) is 4.41. The van der Waals surface area contributed by atoms with E-state index in [0.29, 0.717) is 6.42 Å². The van der Waals surface area contributed by atoms with Gasteiger partial charge in [-0.2, -0.15) is 0 Å². The van der Waals surface area contributed by atoms with Gasteiger partial charge < -0.3 is 5.32 Å². The van der Waals surface area contributed by atoms with Gasteiger partial charge >= 0.3 is 0 Å². The van der Waals surface area contributed by atoms with Crippen LogP contribution in [0.1, 0.15) is 30.4 Å². The number of carbonyl (C=O) groups is 1. The van der Waals surface area contributed by atoms with Crippen LogP contribution in [0.5, 0.6) is 0 Å². The van der Waals surface area contributed by atoms with Crippen molar-refractivity contribution in [2.75, 3.05) is 6.54 Å². The van der Waals surface area contributed by atoms with Crippen molar-refractivity contribution in [3.05, 3.63) is 66.0 Å². The Kier molecular flexibility index (Phi) is 4.00. The number of nitrogens with one attached hydrogen (secondary N) is 1. The number of benzene rings is 1. The molecule has 0 spiro atoms. The van der Waals surface area contributed by atoms with Gasteiger partial charge in [-0.15, -0.1) is 0 Å². The van der Waals surface area contributed by atoms with Crippen molar-refractivity contribution >= 4 is 5.91 Å². The van der Waals surface area contributed by atoms with Crippen molar-refractivity contribution in [3.63, 3.8) is 0 Å². The topological polar surface area (TPSA) is 42.0 Å². The minimum absolute atomic E-state index is 0.0743. The minimum Gasteiger partial charge on any atom is -0.355 e. The Morgan fingerprint density at radius 1 is 1.14 bits per heavy atom. The Bertz CT molecular complexity index is 591. The van der Waals surface area contributed by atoms with Gasteiger partial charge in [0.15, 0.2) is 0 Å². The molecule has 0 atom stereocenters. The molecule has 0 bridgehead atoms. The number of pyridine rings is 1. The molecule has 0 saturated heterocycles. The van der Waals surface area contributed by atoms with E-state index < -0.39 is 0 Å². The number of nitrogens with zero attached hydrogens (tertiary/aromatic N) is 1. The summed E-state index contributed by atoms with van der Waals surface area (Å²) in [5, 5.41) is 3.11. The van der Waals surface area contributed by atoms with Crippen molar-refractivity contribution in [3.8, 4) is 0 Å². The smallest absolute Gasteiger partial charge is 0.224 e. The van der Waals surface area contributed by atoms with Crippen LogP contribution in [-0.2, 0) is 16.6 Å². The van der Waals surface area contributed by atoms with Gasteiger partial charge in [0.25, 0.3) is 0 Å². The molecular formula is C18H20N2O. The first-order chi connectivity index (χ1) is 10.3. The highest BCUT2D eigenvalue weighted by molar-refractivity contribution is 5.78. The fourth-order valence-electron chi connectivity index (χ4n) is 2.98. The lowest BCUT2D eigenvalue weighted by atomic mass is 9.64. The summed E-state index contributed by atoms with van der Waals surface area (Å²) >= 11 is 0. The summed E-state index contributed by atoms with van der Waals surface area (Å²) in [6, 6.07) is 14.3. The van der Waals surface area contributed by atoms with E-state index in [1.165, 1.54) is 12.0 Å². The van der Waals surface area contributed by atoms with Gasteiger partial charge in [0.1, 0.15) is 0 Å². The van der Waals surface area contributed by atoms with E-state index in [1.807, 2.05) is 18.2 Å². The van der Waals surface area contributed by atoms with Crippen molar-refractivity contribution < 1.29 is 4.79 Å². The molecule has 0 unspecified atom stereocenters. The van der Waals surface area contributed by atoms with Crippen LogP contribution in [-0.4, -0.2) is 17.4 Å². The lowest BCUT2D eigenvalue weighted by Crippen LogP contribution is -2.45. The third-order valence-electron chi connectivity index (χ3n) is 4.41. The largest absolute Gasteiger partial charge is 0.355 e. The summed E-state index contributed by atoms with van der Waals surface area (Å²) in [6.07, 6.45) is 7.43. The van der Waals surface area contributed by atoms with Crippen LogP contribution in [0.2, 0.25) is 0 Å². The van der Waals surface area contributed by atoms with E-state index in [-0.39, 0.29) is 11.3 Å². The van der Waals surface area contributed by atoms with Gasteiger partial charge in [-0.3, -0.25) is 9.78 Å². The molecule has 3 rings (SSSR count). The number of aromatic nitrogens is 1. The molecule has 0 aliphatic heterocycles. The molecule has 1 saturated carbocycles. The van der Waals surface area contributed by atoms with E-state index in [1.54, 1.807) is 12.4 Å². The highest BCUT2D eigenvalue weighted by Crippen LogP contribution is 2.43. The standard InChI is InChI=1S/C18H20N2O/c21-17(12-15-6-4-11-19-13-15)20-14-18(9-5-10-18)16-7-2-1-3-8-16/h1-4,6-8,11,13H,5,9-10,12,14H2,(H,20,21). The molecule has 1 amide bonds. The van der Waals surface area contributed by atoms with Gasteiger partial charge in [0, 0.05) is 24.4 Å². The molecule has 1 aromatic heterocycles. The van der Waals surface area contributed by atoms with Gasteiger partial charge in [0.2, 0.25) is 5.91 Å². The summed E-state index contributed by atoms with van der Waals surface area (Å²) in [5.41, 5.74) is 2.45. The Labute approximate surface area is 125 Å². The second kappa shape index (κ2) is 6.08. The van der Waals surface area contributed by atoms with Crippen molar-refractivity contribution in [2.45, 2.75) is 31.1 Å². The van der Waals surface area contributed by atoms with Gasteiger partial charge in [-0.25, -0.2) is 0 Å². The van der Waals surface area contributed by atoms with Crippen molar-refractivity contribution in [1.29, 1.82) is 0 Å². The van der Waals surface area contributed by atoms with Gasteiger partial charge in [-0.05, 0) is 30.0 Å². The minimum atomic E-state index is 0.0743. The first-order valence-corrected chi connectivity index (χ1v) is 7.50. The molecule has 1 aromatic carbocycles. The molecular weight excluding hydrogens is 260 g/mol. The second-order valence-electron chi connectivity index (χ2n) is 5.81. The molecule has 3 heteroatoms. The van der Waals surface area contributed by atoms with Crippen LogP contribution in [0.4, 0.5) is 0 Å². The lowest BCUT2D eigenvalue weighted by molar-refractivity contribution is -0.120. The lowest BCUT2D eigenvalue weighted by Gasteiger charge is -2.42. The zero-order chi connectivity index (χ0) is 14.5. The quantitative estimate of drug-likeness (QED) is 0.915. The van der Waals surface area contributed by atoms with Crippen LogP contribution in [0, 0.1) is 0 Å². The monoisotopic (exact) mass is 280 g/mol. The predicted octanol–water partition coefficient (Wildman–Crippen LogP) is 2.86. The summed E-state index contributed by atoms with van der Waals surface area (Å²) < 4.78 is 0. The molecule has 108 valence electrons. The Balaban J connectivity index is 1.60. The summed E-state index contributed by atoms with van der Waals surface area (Å²) in [7, 11) is 0. The predicted molar refractivity (Wildman–Crippen MR) is 82.9 cm³/mol. The van der Waals surface area contributed by atoms with Crippen molar-refractivity contribution in [2.24, 2.45) is 0 Å². The maximum atomic E-state index is 12.1. The first-order valence-electron chi connectivity index (χ1n) is 7.50. The Morgan fingerprint density at radius 2 is 1.95 bits per heavy atom. The summed E-state index contributed by atoms with van der Waals surface area (Å²) in [4.78, 5) is 16.1. The van der Waals surface area contributed by atoms with Crippen LogP contribution in [0.3, 0.4) is 0 Å². The zero-order valence-corrected chi connectivity index (χ0v) is 12.1. The van der Waals surface area contributed by atoms with Crippen LogP contribution >= 0.6 is 0 Å². The van der Waals surface area contributed by atoms with E-state index >= 15 is 0 Å². The average molecular weight is 280 g/mol. The van der Waals surface area contributed by atoms with E-state index in [9.17, 15) is 4.79 Å². The molecule has 21 heavy (non-hydrogen) atoms. The molecule has 3 nitrogen and oxygen atoms in total. The maximum Gasteiger partial charge on any atom is 0.224 e. The van der Waals surface area contributed by atoms with E-state index in [2.05, 4.69) is 34.6 Å². The van der Waals surface area contributed by atoms with Gasteiger partial charge in [-0.1, -0.05) is 42.8 Å². The molecule has 1 aliphatic rings. The van der Waals surface area contributed by atoms with Gasteiger partial charge in [0.05, 0.1) is 6.42 Å². The Morgan fingerprint density at radius 3 is 2.57 bits per heavy atom. The van der Waals surface area contributed by atoms with Crippen molar-refractivity contribution in [1.82, 2.24) is 10.3 Å². The fraction of sp³-hybridized carbons (Fsp3) is 0.333. The number of hydrogen-bond acceptors (Lipinski definition) is 2. The Hall–Kier alpha value is -2.16.